The van der Waals surface area contributed by atoms with Gasteiger partial charge in [0, 0.05) is 11.6 Å². The molecule has 0 saturated carbocycles. The number of hydrogen-bond donors (Lipinski definition) is 1. The Bertz CT molecular complexity index is 305. The van der Waals surface area contributed by atoms with Crippen molar-refractivity contribution < 1.29 is 4.74 Å². The lowest BCUT2D eigenvalue weighted by atomic mass is 9.98. The molecule has 2 N–H and O–H groups in total. The summed E-state index contributed by atoms with van der Waals surface area (Å²) >= 11 is 0. The number of hydrogen-bond acceptors (Lipinski definition) is 2. The zero-order valence-electron chi connectivity index (χ0n) is 9.37. The van der Waals surface area contributed by atoms with E-state index >= 15 is 0 Å². The van der Waals surface area contributed by atoms with Gasteiger partial charge in [-0.25, -0.2) is 0 Å². The molecule has 0 amide bonds. The second kappa shape index (κ2) is 4.47. The lowest BCUT2D eigenvalue weighted by molar-refractivity contribution is 0.406. The van der Waals surface area contributed by atoms with Crippen molar-refractivity contribution in [1.29, 1.82) is 0 Å². The van der Waals surface area contributed by atoms with Crippen molar-refractivity contribution in [2.45, 2.75) is 32.7 Å². The average Bonchev–Trinajstić information content (AvgIpc) is 2.16. The molecule has 1 aromatic carbocycles. The van der Waals surface area contributed by atoms with Crippen molar-refractivity contribution in [3.63, 3.8) is 0 Å². The predicted octanol–water partition coefficient (Wildman–Crippen LogP) is 2.84. The van der Waals surface area contributed by atoms with Crippen LogP contribution in [-0.4, -0.2) is 7.11 Å². The molecular weight excluding hydrogens is 174 g/mol. The fourth-order valence-electron chi connectivity index (χ4n) is 1.47. The Morgan fingerprint density at radius 3 is 2.29 bits per heavy atom. The molecule has 2 nitrogen and oxygen atoms in total. The number of methoxy groups -OCH3 is 1. The topological polar surface area (TPSA) is 35.2 Å². The Morgan fingerprint density at radius 1 is 1.21 bits per heavy atom. The summed E-state index contributed by atoms with van der Waals surface area (Å²) in [7, 11) is 1.68. The van der Waals surface area contributed by atoms with Gasteiger partial charge in [-0.05, 0) is 24.5 Å². The first-order chi connectivity index (χ1) is 6.56. The lowest BCUT2D eigenvalue weighted by Gasteiger charge is -2.14. The van der Waals surface area contributed by atoms with Gasteiger partial charge in [-0.2, -0.15) is 0 Å². The highest BCUT2D eigenvalue weighted by atomic mass is 16.5. The van der Waals surface area contributed by atoms with Crippen molar-refractivity contribution in [3.05, 3.63) is 29.3 Å². The summed E-state index contributed by atoms with van der Waals surface area (Å²) in [6.07, 6.45) is 0. The average molecular weight is 193 g/mol. The first-order valence-corrected chi connectivity index (χ1v) is 4.99. The molecule has 0 heterocycles. The summed E-state index contributed by atoms with van der Waals surface area (Å²) < 4.78 is 5.26. The van der Waals surface area contributed by atoms with Crippen LogP contribution in [0.25, 0.3) is 0 Å². The monoisotopic (exact) mass is 193 g/mol. The summed E-state index contributed by atoms with van der Waals surface area (Å²) in [6, 6.07) is 6.24. The molecular formula is C12H19NO. The van der Waals surface area contributed by atoms with Crippen LogP contribution in [0.4, 0.5) is 0 Å². The van der Waals surface area contributed by atoms with Gasteiger partial charge in [0.2, 0.25) is 0 Å². The van der Waals surface area contributed by atoms with E-state index in [0.717, 1.165) is 11.3 Å². The maximum Gasteiger partial charge on any atom is 0.123 e. The van der Waals surface area contributed by atoms with Crippen LogP contribution >= 0.6 is 0 Å². The second-order valence-corrected chi connectivity index (χ2v) is 3.94. The minimum absolute atomic E-state index is 0.0173. The molecule has 0 spiro atoms. The van der Waals surface area contributed by atoms with Crippen LogP contribution in [0.1, 0.15) is 43.9 Å². The van der Waals surface area contributed by atoms with Crippen molar-refractivity contribution in [2.24, 2.45) is 5.73 Å². The quantitative estimate of drug-likeness (QED) is 0.801. The van der Waals surface area contributed by atoms with Crippen LogP contribution in [0, 0.1) is 0 Å². The van der Waals surface area contributed by atoms with Gasteiger partial charge in [0.15, 0.2) is 0 Å². The van der Waals surface area contributed by atoms with Crippen LogP contribution in [0.15, 0.2) is 18.2 Å². The molecule has 2 heteroatoms. The third kappa shape index (κ3) is 2.26. The molecule has 1 unspecified atom stereocenters. The highest BCUT2D eigenvalue weighted by Crippen LogP contribution is 2.27. The number of nitrogens with two attached hydrogens (primary N) is 1. The van der Waals surface area contributed by atoms with Gasteiger partial charge in [-0.1, -0.05) is 26.0 Å². The van der Waals surface area contributed by atoms with Gasteiger partial charge >= 0.3 is 0 Å². The van der Waals surface area contributed by atoms with Crippen LogP contribution in [0.2, 0.25) is 0 Å². The van der Waals surface area contributed by atoms with Gasteiger partial charge in [-0.3, -0.25) is 0 Å². The Kier molecular flexibility index (Phi) is 3.53. The Hall–Kier alpha value is -1.02. The third-order valence-corrected chi connectivity index (χ3v) is 2.41. The van der Waals surface area contributed by atoms with Crippen LogP contribution in [-0.2, 0) is 0 Å². The fourth-order valence-corrected chi connectivity index (χ4v) is 1.47. The van der Waals surface area contributed by atoms with Crippen molar-refractivity contribution in [2.75, 3.05) is 7.11 Å². The highest BCUT2D eigenvalue weighted by Gasteiger charge is 2.09. The molecule has 0 fully saturated rings. The number of rotatable bonds is 3. The standard InChI is InChI=1S/C12H19NO/c1-8(2)10-5-6-12(14-4)11(7-10)9(3)13/h5-9H,13H2,1-4H3. The first-order valence-electron chi connectivity index (χ1n) is 4.99. The van der Waals surface area contributed by atoms with Gasteiger partial charge in [0.25, 0.3) is 0 Å². The van der Waals surface area contributed by atoms with E-state index in [1.807, 2.05) is 13.0 Å². The van der Waals surface area contributed by atoms with Gasteiger partial charge in [-0.15, -0.1) is 0 Å². The summed E-state index contributed by atoms with van der Waals surface area (Å²) in [6.45, 7) is 6.32. The molecule has 0 aliphatic rings. The second-order valence-electron chi connectivity index (χ2n) is 3.94. The van der Waals surface area contributed by atoms with E-state index < -0.39 is 0 Å². The number of ether oxygens (including phenoxy) is 1. The highest BCUT2D eigenvalue weighted by molar-refractivity contribution is 5.40. The van der Waals surface area contributed by atoms with Gasteiger partial charge in [0.1, 0.15) is 5.75 Å². The summed E-state index contributed by atoms with van der Waals surface area (Å²) in [4.78, 5) is 0. The van der Waals surface area contributed by atoms with E-state index in [4.69, 9.17) is 10.5 Å². The van der Waals surface area contributed by atoms with E-state index in [1.54, 1.807) is 7.11 Å². The summed E-state index contributed by atoms with van der Waals surface area (Å²) in [5.41, 5.74) is 8.27. The van der Waals surface area contributed by atoms with E-state index in [2.05, 4.69) is 26.0 Å². The maximum absolute atomic E-state index is 5.88. The third-order valence-electron chi connectivity index (χ3n) is 2.41. The molecule has 1 aromatic rings. The summed E-state index contributed by atoms with van der Waals surface area (Å²) in [5, 5.41) is 0. The lowest BCUT2D eigenvalue weighted by Crippen LogP contribution is -2.07. The zero-order valence-corrected chi connectivity index (χ0v) is 9.37. The Morgan fingerprint density at radius 2 is 1.86 bits per heavy atom. The minimum atomic E-state index is 0.0173. The molecule has 0 aliphatic carbocycles. The molecule has 0 aromatic heterocycles. The summed E-state index contributed by atoms with van der Waals surface area (Å²) in [5.74, 6) is 1.41. The fraction of sp³-hybridized carbons (Fsp3) is 0.500. The van der Waals surface area contributed by atoms with E-state index in [9.17, 15) is 0 Å². The number of benzene rings is 1. The van der Waals surface area contributed by atoms with Gasteiger partial charge < -0.3 is 10.5 Å². The van der Waals surface area contributed by atoms with E-state index in [-0.39, 0.29) is 6.04 Å². The SMILES string of the molecule is COc1ccc(C(C)C)cc1C(C)N. The van der Waals surface area contributed by atoms with Crippen LogP contribution < -0.4 is 10.5 Å². The largest absolute Gasteiger partial charge is 0.496 e. The molecule has 0 radical (unpaired) electrons. The van der Waals surface area contributed by atoms with Crippen LogP contribution in [0.3, 0.4) is 0 Å². The predicted molar refractivity (Wildman–Crippen MR) is 59.7 cm³/mol. The molecule has 0 aliphatic heterocycles. The minimum Gasteiger partial charge on any atom is -0.496 e. The van der Waals surface area contributed by atoms with E-state index in [0.29, 0.717) is 5.92 Å². The van der Waals surface area contributed by atoms with Gasteiger partial charge in [0.05, 0.1) is 7.11 Å². The van der Waals surface area contributed by atoms with E-state index in [1.165, 1.54) is 5.56 Å². The maximum atomic E-state index is 5.88. The Labute approximate surface area is 86.1 Å². The zero-order chi connectivity index (χ0) is 10.7. The molecule has 0 bridgehead atoms. The first kappa shape index (κ1) is 11.1. The van der Waals surface area contributed by atoms with Crippen molar-refractivity contribution in [3.8, 4) is 5.75 Å². The molecule has 14 heavy (non-hydrogen) atoms. The molecule has 78 valence electrons. The smallest absolute Gasteiger partial charge is 0.123 e. The molecule has 1 rings (SSSR count). The molecule has 1 atom stereocenters. The normalized spacial score (nSPS) is 13.0. The Balaban J connectivity index is 3.14. The molecule has 0 saturated heterocycles. The van der Waals surface area contributed by atoms with Crippen molar-refractivity contribution in [1.82, 2.24) is 0 Å². The van der Waals surface area contributed by atoms with Crippen LogP contribution in [0.5, 0.6) is 5.75 Å². The van der Waals surface area contributed by atoms with Crippen molar-refractivity contribution >= 4 is 0 Å².